The largest absolute Gasteiger partial charge is 0.495 e. The van der Waals surface area contributed by atoms with Crippen molar-refractivity contribution in [3.8, 4) is 5.75 Å². The molecule has 154 valence electrons. The molecule has 29 heavy (non-hydrogen) atoms. The number of carbonyl (C=O) groups excluding carboxylic acids is 3. The van der Waals surface area contributed by atoms with E-state index in [4.69, 9.17) is 9.47 Å². The van der Waals surface area contributed by atoms with E-state index in [1.165, 1.54) is 7.11 Å². The number of methoxy groups -OCH3 is 1. The van der Waals surface area contributed by atoms with E-state index in [0.717, 1.165) is 11.1 Å². The molecule has 0 bridgehead atoms. The van der Waals surface area contributed by atoms with Gasteiger partial charge in [0.25, 0.3) is 5.91 Å². The summed E-state index contributed by atoms with van der Waals surface area (Å²) in [7, 11) is 1.53. The molecular formula is C22H26N2O5. The summed E-state index contributed by atoms with van der Waals surface area (Å²) in [4.78, 5) is 35.7. The molecule has 2 N–H and O–H groups in total. The average molecular weight is 398 g/mol. The van der Waals surface area contributed by atoms with E-state index in [9.17, 15) is 14.4 Å². The number of hydrogen-bond donors (Lipinski definition) is 2. The third kappa shape index (κ3) is 7.65. The minimum absolute atomic E-state index is 0.0518. The number of hydrogen-bond acceptors (Lipinski definition) is 5. The van der Waals surface area contributed by atoms with Crippen LogP contribution in [0, 0.1) is 13.8 Å². The quantitative estimate of drug-likeness (QED) is 0.630. The number of para-hydroxylation sites is 2. The van der Waals surface area contributed by atoms with Gasteiger partial charge in [-0.2, -0.15) is 0 Å². The zero-order chi connectivity index (χ0) is 21.2. The second kappa shape index (κ2) is 10.8. The molecular weight excluding hydrogens is 372 g/mol. The molecule has 7 nitrogen and oxygen atoms in total. The lowest BCUT2D eigenvalue weighted by Gasteiger charge is -2.10. The summed E-state index contributed by atoms with van der Waals surface area (Å²) < 4.78 is 10.1. The van der Waals surface area contributed by atoms with Crippen LogP contribution in [-0.2, 0) is 19.1 Å². The number of ether oxygens (including phenoxy) is 2. The first-order valence-corrected chi connectivity index (χ1v) is 9.34. The molecule has 0 aliphatic rings. The molecule has 2 amide bonds. The molecule has 2 aromatic rings. The van der Waals surface area contributed by atoms with E-state index in [-0.39, 0.29) is 25.4 Å². The molecule has 0 aliphatic heterocycles. The van der Waals surface area contributed by atoms with Gasteiger partial charge in [0.2, 0.25) is 5.91 Å². The highest BCUT2D eigenvalue weighted by Crippen LogP contribution is 2.23. The van der Waals surface area contributed by atoms with Gasteiger partial charge in [-0.15, -0.1) is 0 Å². The third-order valence-electron chi connectivity index (χ3n) is 4.04. The monoisotopic (exact) mass is 398 g/mol. The Kier molecular flexibility index (Phi) is 8.21. The summed E-state index contributed by atoms with van der Waals surface area (Å²) >= 11 is 0. The molecule has 0 saturated heterocycles. The molecule has 7 heteroatoms. The number of benzene rings is 2. The molecule has 0 atom stereocenters. The van der Waals surface area contributed by atoms with Gasteiger partial charge in [0.1, 0.15) is 5.75 Å². The second-order valence-corrected chi connectivity index (χ2v) is 6.69. The number of nitrogens with one attached hydrogen (secondary N) is 2. The smallest absolute Gasteiger partial charge is 0.306 e. The summed E-state index contributed by atoms with van der Waals surface area (Å²) in [5.41, 5.74) is 3.30. The van der Waals surface area contributed by atoms with Crippen LogP contribution in [0.4, 0.5) is 11.4 Å². The van der Waals surface area contributed by atoms with Crippen molar-refractivity contribution in [1.29, 1.82) is 0 Å². The zero-order valence-electron chi connectivity index (χ0n) is 16.9. The van der Waals surface area contributed by atoms with E-state index in [0.29, 0.717) is 23.5 Å². The van der Waals surface area contributed by atoms with Crippen LogP contribution in [-0.4, -0.2) is 31.5 Å². The third-order valence-corrected chi connectivity index (χ3v) is 4.04. The van der Waals surface area contributed by atoms with Gasteiger partial charge in [-0.05, 0) is 55.7 Å². The highest BCUT2D eigenvalue weighted by atomic mass is 16.5. The van der Waals surface area contributed by atoms with Crippen LogP contribution < -0.4 is 15.4 Å². The summed E-state index contributed by atoms with van der Waals surface area (Å²) in [6.45, 7) is 3.51. The number of aryl methyl sites for hydroxylation is 2. The fourth-order valence-electron chi connectivity index (χ4n) is 2.82. The van der Waals surface area contributed by atoms with Crippen LogP contribution in [0.15, 0.2) is 42.5 Å². The lowest BCUT2D eigenvalue weighted by Crippen LogP contribution is -2.21. The maximum atomic E-state index is 12.0. The standard InChI is InChI=1S/C22H26N2O5/c1-15-11-16(2)13-17(12-15)23-21(26)14-29-22(27)10-6-9-20(25)24-18-7-4-5-8-19(18)28-3/h4-5,7-8,11-13H,6,9-10,14H2,1-3H3,(H,23,26)(H,24,25). The Hall–Kier alpha value is -3.35. The van der Waals surface area contributed by atoms with Gasteiger partial charge in [0.05, 0.1) is 12.8 Å². The summed E-state index contributed by atoms with van der Waals surface area (Å²) in [6.07, 6.45) is 0.524. The Labute approximate surface area is 170 Å². The molecule has 0 saturated carbocycles. The van der Waals surface area contributed by atoms with Crippen molar-refractivity contribution in [2.45, 2.75) is 33.1 Å². The fraction of sp³-hybridized carbons (Fsp3) is 0.318. The first kappa shape index (κ1) is 21.9. The summed E-state index contributed by atoms with van der Waals surface area (Å²) in [5, 5.41) is 5.44. The van der Waals surface area contributed by atoms with Crippen molar-refractivity contribution < 1.29 is 23.9 Å². The van der Waals surface area contributed by atoms with Crippen LogP contribution in [0.5, 0.6) is 5.75 Å². The minimum Gasteiger partial charge on any atom is -0.495 e. The van der Waals surface area contributed by atoms with Gasteiger partial charge in [0.15, 0.2) is 6.61 Å². The maximum Gasteiger partial charge on any atom is 0.306 e. The van der Waals surface area contributed by atoms with E-state index in [1.807, 2.05) is 32.0 Å². The number of anilines is 2. The number of rotatable bonds is 9. The van der Waals surface area contributed by atoms with Crippen LogP contribution in [0.2, 0.25) is 0 Å². The lowest BCUT2D eigenvalue weighted by atomic mass is 10.1. The van der Waals surface area contributed by atoms with Gasteiger partial charge < -0.3 is 20.1 Å². The van der Waals surface area contributed by atoms with Gasteiger partial charge in [-0.3, -0.25) is 14.4 Å². The fourth-order valence-corrected chi connectivity index (χ4v) is 2.82. The summed E-state index contributed by atoms with van der Waals surface area (Å²) in [6, 6.07) is 12.8. The molecule has 0 spiro atoms. The maximum absolute atomic E-state index is 12.0. The summed E-state index contributed by atoms with van der Waals surface area (Å²) in [5.74, 6) is -0.590. The van der Waals surface area contributed by atoms with Crippen LogP contribution in [0.1, 0.15) is 30.4 Å². The topological polar surface area (TPSA) is 93.7 Å². The molecule has 2 aromatic carbocycles. The van der Waals surface area contributed by atoms with Crippen molar-refractivity contribution in [3.05, 3.63) is 53.6 Å². The molecule has 0 heterocycles. The van der Waals surface area contributed by atoms with Crippen molar-refractivity contribution in [2.75, 3.05) is 24.4 Å². The van der Waals surface area contributed by atoms with Gasteiger partial charge in [-0.1, -0.05) is 18.2 Å². The second-order valence-electron chi connectivity index (χ2n) is 6.69. The normalized spacial score (nSPS) is 10.2. The predicted octanol–water partition coefficient (Wildman–Crippen LogP) is 3.60. The lowest BCUT2D eigenvalue weighted by molar-refractivity contribution is -0.147. The minimum atomic E-state index is -0.523. The molecule has 2 rings (SSSR count). The highest BCUT2D eigenvalue weighted by Gasteiger charge is 2.11. The first-order chi connectivity index (χ1) is 13.9. The van der Waals surface area contributed by atoms with Gasteiger partial charge in [0, 0.05) is 18.5 Å². The van der Waals surface area contributed by atoms with E-state index < -0.39 is 11.9 Å². The SMILES string of the molecule is COc1ccccc1NC(=O)CCCC(=O)OCC(=O)Nc1cc(C)cc(C)c1. The van der Waals surface area contributed by atoms with E-state index in [2.05, 4.69) is 10.6 Å². The highest BCUT2D eigenvalue weighted by molar-refractivity contribution is 5.93. The number of esters is 1. The van der Waals surface area contributed by atoms with Gasteiger partial charge >= 0.3 is 5.97 Å². The molecule has 0 radical (unpaired) electrons. The average Bonchev–Trinajstić information content (AvgIpc) is 2.66. The Bertz CT molecular complexity index is 859. The molecule has 0 fully saturated rings. The number of carbonyl (C=O) groups is 3. The van der Waals surface area contributed by atoms with Crippen LogP contribution >= 0.6 is 0 Å². The Balaban J connectivity index is 1.67. The zero-order valence-corrected chi connectivity index (χ0v) is 16.9. The van der Waals surface area contributed by atoms with E-state index in [1.54, 1.807) is 24.3 Å². The van der Waals surface area contributed by atoms with Crippen molar-refractivity contribution in [3.63, 3.8) is 0 Å². The van der Waals surface area contributed by atoms with Crippen molar-refractivity contribution in [2.24, 2.45) is 0 Å². The first-order valence-electron chi connectivity index (χ1n) is 9.34. The van der Waals surface area contributed by atoms with Crippen LogP contribution in [0.25, 0.3) is 0 Å². The Morgan fingerprint density at radius 2 is 1.59 bits per heavy atom. The Morgan fingerprint density at radius 3 is 2.28 bits per heavy atom. The van der Waals surface area contributed by atoms with Crippen molar-refractivity contribution >= 4 is 29.2 Å². The number of amides is 2. The molecule has 0 aliphatic carbocycles. The van der Waals surface area contributed by atoms with Crippen LogP contribution in [0.3, 0.4) is 0 Å². The molecule has 0 unspecified atom stereocenters. The molecule has 0 aromatic heterocycles. The van der Waals surface area contributed by atoms with Crippen molar-refractivity contribution in [1.82, 2.24) is 0 Å². The van der Waals surface area contributed by atoms with E-state index >= 15 is 0 Å². The predicted molar refractivity (Wildman–Crippen MR) is 111 cm³/mol. The van der Waals surface area contributed by atoms with Gasteiger partial charge in [-0.25, -0.2) is 0 Å². The Morgan fingerprint density at radius 1 is 0.897 bits per heavy atom.